The number of carbonyl (C=O) groups is 1. The molecular weight excluding hydrogens is 376 g/mol. The topological polar surface area (TPSA) is 96.2 Å². The molecule has 0 aliphatic carbocycles. The second-order valence-corrected chi connectivity index (χ2v) is 6.27. The van der Waals surface area contributed by atoms with Gasteiger partial charge in [-0.3, -0.25) is 20.3 Å². The average molecular weight is 396 g/mol. The number of carbonyl (C=O) groups excluding carboxylic acids is 1. The van der Waals surface area contributed by atoms with Crippen LogP contribution in [0.15, 0.2) is 41.2 Å². The predicted molar refractivity (Wildman–Crippen MR) is 112 cm³/mol. The molecule has 1 aromatic carbocycles. The van der Waals surface area contributed by atoms with Crippen LogP contribution in [-0.4, -0.2) is 22.3 Å². The normalized spacial score (nSPS) is 10.4. The average Bonchev–Trinajstić information content (AvgIpc) is 2.65. The van der Waals surface area contributed by atoms with Gasteiger partial charge < -0.3 is 4.74 Å². The Labute approximate surface area is 168 Å². The molecule has 0 aliphatic rings. The van der Waals surface area contributed by atoms with Gasteiger partial charge in [-0.25, -0.2) is 4.68 Å². The fourth-order valence-electron chi connectivity index (χ4n) is 2.46. The van der Waals surface area contributed by atoms with Gasteiger partial charge in [-0.15, -0.1) is 0 Å². The van der Waals surface area contributed by atoms with Crippen LogP contribution in [0.3, 0.4) is 0 Å². The van der Waals surface area contributed by atoms with E-state index in [1.54, 1.807) is 26.0 Å². The number of ether oxygens (including phenoxy) is 1. The highest BCUT2D eigenvalue weighted by Gasteiger charge is 2.11. The van der Waals surface area contributed by atoms with Crippen LogP contribution < -0.4 is 21.0 Å². The number of aromatic nitrogens is 1. The lowest BCUT2D eigenvalue weighted by Crippen LogP contribution is -2.42. The van der Waals surface area contributed by atoms with E-state index in [0.29, 0.717) is 17.9 Å². The maximum Gasteiger partial charge on any atom is 0.287 e. The van der Waals surface area contributed by atoms with Crippen LogP contribution >= 0.6 is 12.2 Å². The van der Waals surface area contributed by atoms with Crippen molar-refractivity contribution in [3.63, 3.8) is 0 Å². The monoisotopic (exact) mass is 396 g/mol. The molecular formula is C20H20N4O3S. The largest absolute Gasteiger partial charge is 0.494 e. The summed E-state index contributed by atoms with van der Waals surface area (Å²) in [5, 5.41) is 11.5. The molecule has 1 heterocycles. The quantitative estimate of drug-likeness (QED) is 0.595. The third-order valence-electron chi connectivity index (χ3n) is 3.77. The standard InChI is InChI=1S/C20H20N4O3S/c1-4-27-16-8-5-15(6-9-16)7-10-18(25)22-20(28)23-24-14(3)11-13(2)17(12-21)19(24)26/h5-11H,4H2,1-3H3,(H2,22,23,25,28)/b10-7+. The van der Waals surface area contributed by atoms with E-state index < -0.39 is 11.5 Å². The first-order valence-electron chi connectivity index (χ1n) is 8.52. The lowest BCUT2D eigenvalue weighted by molar-refractivity contribution is -0.115. The number of nitrogens with one attached hydrogen (secondary N) is 2. The van der Waals surface area contributed by atoms with Gasteiger partial charge in [0.2, 0.25) is 5.91 Å². The summed E-state index contributed by atoms with van der Waals surface area (Å²) in [6, 6.07) is 10.8. The first kappa shape index (κ1) is 20.9. The highest BCUT2D eigenvalue weighted by atomic mass is 32.1. The minimum atomic E-state index is -0.526. The van der Waals surface area contributed by atoms with Crippen molar-refractivity contribution in [2.75, 3.05) is 12.0 Å². The highest BCUT2D eigenvalue weighted by Crippen LogP contribution is 2.12. The van der Waals surface area contributed by atoms with E-state index in [-0.39, 0.29) is 10.7 Å². The van der Waals surface area contributed by atoms with Crippen LogP contribution in [0, 0.1) is 25.2 Å². The number of hydrogen-bond acceptors (Lipinski definition) is 5. The van der Waals surface area contributed by atoms with Crippen molar-refractivity contribution in [1.82, 2.24) is 9.99 Å². The number of pyridine rings is 1. The first-order chi connectivity index (χ1) is 13.3. The zero-order valence-electron chi connectivity index (χ0n) is 15.8. The molecule has 8 heteroatoms. The van der Waals surface area contributed by atoms with Gasteiger partial charge in [0, 0.05) is 11.8 Å². The highest BCUT2D eigenvalue weighted by molar-refractivity contribution is 7.80. The zero-order valence-corrected chi connectivity index (χ0v) is 16.6. The van der Waals surface area contributed by atoms with Crippen molar-refractivity contribution < 1.29 is 9.53 Å². The van der Waals surface area contributed by atoms with Gasteiger partial charge in [-0.05, 0) is 68.4 Å². The van der Waals surface area contributed by atoms with Gasteiger partial charge in [0.1, 0.15) is 17.4 Å². The SMILES string of the molecule is CCOc1ccc(/C=C/C(=O)NC(=S)Nn2c(C)cc(C)c(C#N)c2=O)cc1. The molecule has 0 bridgehead atoms. The Balaban J connectivity index is 2.02. The predicted octanol–water partition coefficient (Wildman–Crippen LogP) is 2.39. The van der Waals surface area contributed by atoms with Crippen molar-refractivity contribution in [1.29, 1.82) is 5.26 Å². The van der Waals surface area contributed by atoms with E-state index in [0.717, 1.165) is 16.0 Å². The van der Waals surface area contributed by atoms with E-state index in [9.17, 15) is 9.59 Å². The Morgan fingerprint density at radius 1 is 1.32 bits per heavy atom. The molecule has 7 nitrogen and oxygen atoms in total. The summed E-state index contributed by atoms with van der Waals surface area (Å²) in [5.41, 5.74) is 4.08. The number of benzene rings is 1. The first-order valence-corrected chi connectivity index (χ1v) is 8.92. The van der Waals surface area contributed by atoms with Crippen LogP contribution in [0.4, 0.5) is 0 Å². The Hall–Kier alpha value is -3.44. The Bertz CT molecular complexity index is 1020. The summed E-state index contributed by atoms with van der Waals surface area (Å²) in [6.07, 6.45) is 2.96. The fraction of sp³-hybridized carbons (Fsp3) is 0.200. The van der Waals surface area contributed by atoms with Crippen LogP contribution in [-0.2, 0) is 4.79 Å². The summed E-state index contributed by atoms with van der Waals surface area (Å²) in [5.74, 6) is 0.301. The number of aryl methyl sites for hydroxylation is 2. The Kier molecular flexibility index (Phi) is 7.07. The number of amides is 1. The van der Waals surface area contributed by atoms with Gasteiger partial charge in [0.15, 0.2) is 5.11 Å². The van der Waals surface area contributed by atoms with Gasteiger partial charge in [-0.1, -0.05) is 12.1 Å². The van der Waals surface area contributed by atoms with Crippen molar-refractivity contribution in [3.05, 3.63) is 69.1 Å². The molecule has 0 spiro atoms. The van der Waals surface area contributed by atoms with Crippen molar-refractivity contribution in [2.45, 2.75) is 20.8 Å². The number of hydrogen-bond donors (Lipinski definition) is 2. The van der Waals surface area contributed by atoms with Crippen LogP contribution in [0.2, 0.25) is 0 Å². The molecule has 0 atom stereocenters. The van der Waals surface area contributed by atoms with Crippen molar-refractivity contribution in [2.24, 2.45) is 0 Å². The summed E-state index contributed by atoms with van der Waals surface area (Å²) >= 11 is 5.08. The molecule has 144 valence electrons. The van der Waals surface area contributed by atoms with Crippen LogP contribution in [0.25, 0.3) is 6.08 Å². The number of rotatable bonds is 5. The molecule has 0 aliphatic heterocycles. The fourth-order valence-corrected chi connectivity index (χ4v) is 2.65. The molecule has 0 radical (unpaired) electrons. The number of nitriles is 1. The lowest BCUT2D eigenvalue weighted by atomic mass is 10.1. The molecule has 0 saturated heterocycles. The minimum absolute atomic E-state index is 0.0163. The minimum Gasteiger partial charge on any atom is -0.494 e. The van der Waals surface area contributed by atoms with Crippen molar-refractivity contribution in [3.8, 4) is 11.8 Å². The third-order valence-corrected chi connectivity index (χ3v) is 3.96. The molecule has 28 heavy (non-hydrogen) atoms. The maximum absolute atomic E-state index is 12.3. The van der Waals surface area contributed by atoms with Crippen LogP contribution in [0.5, 0.6) is 5.75 Å². The van der Waals surface area contributed by atoms with Gasteiger partial charge in [-0.2, -0.15) is 5.26 Å². The van der Waals surface area contributed by atoms with Gasteiger partial charge in [0.05, 0.1) is 6.61 Å². The van der Waals surface area contributed by atoms with Gasteiger partial charge >= 0.3 is 0 Å². The smallest absolute Gasteiger partial charge is 0.287 e. The zero-order chi connectivity index (χ0) is 20.7. The molecule has 0 unspecified atom stereocenters. The lowest BCUT2D eigenvalue weighted by Gasteiger charge is -2.14. The molecule has 0 fully saturated rings. The summed E-state index contributed by atoms with van der Waals surface area (Å²) in [4.78, 5) is 24.4. The van der Waals surface area contributed by atoms with E-state index >= 15 is 0 Å². The molecule has 2 rings (SSSR count). The number of thiocarbonyl (C=S) groups is 1. The van der Waals surface area contributed by atoms with E-state index in [1.807, 2.05) is 37.3 Å². The third kappa shape index (κ3) is 5.28. The maximum atomic E-state index is 12.3. The van der Waals surface area contributed by atoms with E-state index in [1.165, 1.54) is 6.08 Å². The number of nitrogens with zero attached hydrogens (tertiary/aromatic N) is 2. The molecule has 2 aromatic rings. The second-order valence-electron chi connectivity index (χ2n) is 5.86. The van der Waals surface area contributed by atoms with E-state index in [2.05, 4.69) is 10.7 Å². The molecule has 1 amide bonds. The van der Waals surface area contributed by atoms with E-state index in [4.69, 9.17) is 22.2 Å². The van der Waals surface area contributed by atoms with Gasteiger partial charge in [0.25, 0.3) is 5.56 Å². The summed E-state index contributed by atoms with van der Waals surface area (Å²) in [7, 11) is 0. The molecule has 2 N–H and O–H groups in total. The second kappa shape index (κ2) is 9.48. The summed E-state index contributed by atoms with van der Waals surface area (Å²) in [6.45, 7) is 5.87. The molecule has 0 saturated carbocycles. The van der Waals surface area contributed by atoms with Crippen LogP contribution in [0.1, 0.15) is 29.3 Å². The Morgan fingerprint density at radius 2 is 2.00 bits per heavy atom. The molecule has 1 aromatic heterocycles. The van der Waals surface area contributed by atoms with Crippen molar-refractivity contribution >= 4 is 29.3 Å². The Morgan fingerprint density at radius 3 is 2.61 bits per heavy atom. The summed E-state index contributed by atoms with van der Waals surface area (Å²) < 4.78 is 6.49.